The van der Waals surface area contributed by atoms with Gasteiger partial charge in [-0.1, -0.05) is 0 Å². The van der Waals surface area contributed by atoms with Crippen LogP contribution in [-0.4, -0.2) is 22.2 Å². The normalized spacial score (nSPS) is 13.0. The van der Waals surface area contributed by atoms with Crippen molar-refractivity contribution in [2.75, 3.05) is 0 Å². The molecule has 2 N–H and O–H groups in total. The van der Waals surface area contributed by atoms with E-state index < -0.39 is 64.1 Å². The SMILES string of the molecule is O=C(O)c1c(C(F)(F)F)c(F)c(C(F)(F)F)c(C(=O)O)c1C(F)(F)F. The molecule has 140 valence electrons. The number of hydrogen-bond donors (Lipinski definition) is 2. The van der Waals surface area contributed by atoms with Crippen LogP contribution in [0.4, 0.5) is 43.9 Å². The Labute approximate surface area is 129 Å². The summed E-state index contributed by atoms with van der Waals surface area (Å²) in [6, 6.07) is 0. The van der Waals surface area contributed by atoms with Crippen LogP contribution in [0.25, 0.3) is 0 Å². The van der Waals surface area contributed by atoms with Crippen LogP contribution in [0.5, 0.6) is 0 Å². The highest BCUT2D eigenvalue weighted by atomic mass is 19.4. The zero-order valence-electron chi connectivity index (χ0n) is 11.0. The van der Waals surface area contributed by atoms with Crippen molar-refractivity contribution in [1.82, 2.24) is 0 Å². The molecule has 0 spiro atoms. The summed E-state index contributed by atoms with van der Waals surface area (Å²) in [6.07, 6.45) is -18.9. The minimum Gasteiger partial charge on any atom is -0.478 e. The van der Waals surface area contributed by atoms with Gasteiger partial charge in [-0.2, -0.15) is 39.5 Å². The number of alkyl halides is 9. The third-order valence-corrected chi connectivity index (χ3v) is 2.72. The van der Waals surface area contributed by atoms with Crippen molar-refractivity contribution in [3.63, 3.8) is 0 Å². The average Bonchev–Trinajstić information content (AvgIpc) is 2.31. The van der Waals surface area contributed by atoms with Gasteiger partial charge in [0, 0.05) is 0 Å². The largest absolute Gasteiger partial charge is 0.478 e. The Hall–Kier alpha value is -2.54. The fraction of sp³-hybridized carbons (Fsp3) is 0.273. The van der Waals surface area contributed by atoms with E-state index >= 15 is 0 Å². The van der Waals surface area contributed by atoms with Crippen LogP contribution in [0.3, 0.4) is 0 Å². The molecule has 0 aliphatic carbocycles. The first kappa shape index (κ1) is 20.5. The van der Waals surface area contributed by atoms with E-state index in [4.69, 9.17) is 10.2 Å². The van der Waals surface area contributed by atoms with Gasteiger partial charge in [-0.3, -0.25) is 0 Å². The molecular formula is C11H2F10O4. The number of rotatable bonds is 2. The van der Waals surface area contributed by atoms with E-state index in [9.17, 15) is 53.5 Å². The van der Waals surface area contributed by atoms with Crippen molar-refractivity contribution in [3.8, 4) is 0 Å². The first-order valence-electron chi connectivity index (χ1n) is 5.50. The van der Waals surface area contributed by atoms with Crippen LogP contribution in [0.2, 0.25) is 0 Å². The molecule has 0 amide bonds. The molecule has 14 heteroatoms. The van der Waals surface area contributed by atoms with Crippen molar-refractivity contribution in [2.45, 2.75) is 18.5 Å². The van der Waals surface area contributed by atoms with Crippen LogP contribution < -0.4 is 0 Å². The van der Waals surface area contributed by atoms with Crippen molar-refractivity contribution in [1.29, 1.82) is 0 Å². The molecule has 0 bridgehead atoms. The predicted molar refractivity (Wildman–Crippen MR) is 55.3 cm³/mol. The number of carboxylic acids is 2. The van der Waals surface area contributed by atoms with E-state index in [0.29, 0.717) is 0 Å². The third-order valence-electron chi connectivity index (χ3n) is 2.72. The van der Waals surface area contributed by atoms with Gasteiger partial charge in [-0.05, 0) is 0 Å². The number of halogens is 10. The van der Waals surface area contributed by atoms with Crippen molar-refractivity contribution >= 4 is 11.9 Å². The molecule has 0 saturated carbocycles. The lowest BCUT2D eigenvalue weighted by molar-refractivity contribution is -0.153. The lowest BCUT2D eigenvalue weighted by Crippen LogP contribution is -2.30. The molecular weight excluding hydrogens is 386 g/mol. The number of carboxylic acid groups (broad SMARTS) is 2. The lowest BCUT2D eigenvalue weighted by atomic mass is 9.89. The number of carbonyl (C=O) groups is 2. The highest BCUT2D eigenvalue weighted by molar-refractivity contribution is 5.99. The molecule has 1 aromatic carbocycles. The summed E-state index contributed by atoms with van der Waals surface area (Å²) in [7, 11) is 0. The molecule has 25 heavy (non-hydrogen) atoms. The first-order valence-corrected chi connectivity index (χ1v) is 5.50. The average molecular weight is 388 g/mol. The lowest BCUT2D eigenvalue weighted by Gasteiger charge is -2.23. The van der Waals surface area contributed by atoms with Gasteiger partial charge in [-0.25, -0.2) is 14.0 Å². The summed E-state index contributed by atoms with van der Waals surface area (Å²) in [5.74, 6) is -9.72. The van der Waals surface area contributed by atoms with Crippen molar-refractivity contribution in [2.24, 2.45) is 0 Å². The smallest absolute Gasteiger partial charge is 0.420 e. The molecule has 0 aromatic heterocycles. The van der Waals surface area contributed by atoms with E-state index in [0.717, 1.165) is 0 Å². The summed E-state index contributed by atoms with van der Waals surface area (Å²) in [5.41, 5.74) is -16.0. The molecule has 0 aliphatic heterocycles. The maximum atomic E-state index is 13.7. The van der Waals surface area contributed by atoms with Crippen LogP contribution in [0.15, 0.2) is 0 Å². The van der Waals surface area contributed by atoms with Crippen LogP contribution in [-0.2, 0) is 18.5 Å². The molecule has 0 atom stereocenters. The zero-order valence-corrected chi connectivity index (χ0v) is 11.0. The summed E-state index contributed by atoms with van der Waals surface area (Å²) >= 11 is 0. The Morgan fingerprint density at radius 3 is 1.00 bits per heavy atom. The predicted octanol–water partition coefficient (Wildman–Crippen LogP) is 4.28. The molecule has 0 fully saturated rings. The van der Waals surface area contributed by atoms with Gasteiger partial charge in [0.1, 0.15) is 16.9 Å². The van der Waals surface area contributed by atoms with E-state index in [1.807, 2.05) is 0 Å². The fourth-order valence-corrected chi connectivity index (χ4v) is 1.96. The van der Waals surface area contributed by atoms with Gasteiger partial charge in [0.15, 0.2) is 0 Å². The highest BCUT2D eigenvalue weighted by Gasteiger charge is 2.54. The van der Waals surface area contributed by atoms with Crippen LogP contribution in [0, 0.1) is 5.82 Å². The zero-order chi connectivity index (χ0) is 20.1. The first-order chi connectivity index (χ1) is 10.9. The monoisotopic (exact) mass is 388 g/mol. The molecule has 0 aliphatic rings. The molecule has 0 saturated heterocycles. The van der Waals surface area contributed by atoms with E-state index in [1.165, 1.54) is 0 Å². The number of hydrogen-bond acceptors (Lipinski definition) is 2. The van der Waals surface area contributed by atoms with Crippen molar-refractivity contribution < 1.29 is 63.7 Å². The fourth-order valence-electron chi connectivity index (χ4n) is 1.96. The quantitative estimate of drug-likeness (QED) is 0.742. The van der Waals surface area contributed by atoms with Gasteiger partial charge in [0.25, 0.3) is 0 Å². The summed E-state index contributed by atoms with van der Waals surface area (Å²) in [5, 5.41) is 17.1. The molecule has 1 aromatic rings. The second kappa shape index (κ2) is 5.77. The van der Waals surface area contributed by atoms with Crippen LogP contribution in [0.1, 0.15) is 37.4 Å². The summed E-state index contributed by atoms with van der Waals surface area (Å²) in [6.45, 7) is 0. The second-order valence-corrected chi connectivity index (χ2v) is 4.29. The van der Waals surface area contributed by atoms with Crippen LogP contribution >= 0.6 is 0 Å². The second-order valence-electron chi connectivity index (χ2n) is 4.29. The molecule has 4 nitrogen and oxygen atoms in total. The topological polar surface area (TPSA) is 74.6 Å². The van der Waals surface area contributed by atoms with Gasteiger partial charge in [0.05, 0.1) is 16.7 Å². The van der Waals surface area contributed by atoms with Crippen molar-refractivity contribution in [3.05, 3.63) is 33.6 Å². The van der Waals surface area contributed by atoms with Gasteiger partial charge in [-0.15, -0.1) is 0 Å². The Balaban J connectivity index is 4.46. The molecule has 1 rings (SSSR count). The third kappa shape index (κ3) is 3.61. The Bertz CT molecular complexity index is 688. The maximum absolute atomic E-state index is 13.7. The molecule has 0 radical (unpaired) electrons. The highest BCUT2D eigenvalue weighted by Crippen LogP contribution is 2.48. The summed E-state index contributed by atoms with van der Waals surface area (Å²) < 4.78 is 129. The standard InChI is InChI=1S/C11H2F10O4/c12-6-4(10(16,17)18)1(7(22)23)3(9(13,14)15)2(8(24)25)5(6)11(19,20)21/h(H,22,23)(H,24,25). The summed E-state index contributed by atoms with van der Waals surface area (Å²) in [4.78, 5) is 21.6. The Kier molecular flexibility index (Phi) is 4.73. The van der Waals surface area contributed by atoms with E-state index in [2.05, 4.69) is 0 Å². The minimum absolute atomic E-state index is 2.98. The Morgan fingerprint density at radius 1 is 0.600 bits per heavy atom. The van der Waals surface area contributed by atoms with Gasteiger partial charge >= 0.3 is 30.5 Å². The molecule has 0 unspecified atom stereocenters. The van der Waals surface area contributed by atoms with Gasteiger partial charge in [0.2, 0.25) is 0 Å². The van der Waals surface area contributed by atoms with E-state index in [-0.39, 0.29) is 0 Å². The Morgan fingerprint density at radius 2 is 0.840 bits per heavy atom. The maximum Gasteiger partial charge on any atom is 0.420 e. The van der Waals surface area contributed by atoms with E-state index in [1.54, 1.807) is 0 Å². The number of aromatic carboxylic acids is 2. The number of benzene rings is 1. The molecule has 0 heterocycles. The minimum atomic E-state index is -6.30. The van der Waals surface area contributed by atoms with Gasteiger partial charge < -0.3 is 10.2 Å².